The Balaban J connectivity index is 1.17. The Bertz CT molecular complexity index is 845. The van der Waals surface area contributed by atoms with Crippen LogP contribution in [0.15, 0.2) is 54.6 Å². The Labute approximate surface area is 178 Å². The molecular weight excluding hydrogens is 376 g/mol. The molecule has 2 aromatic rings. The minimum atomic E-state index is -0.0401. The zero-order chi connectivity index (χ0) is 20.8. The van der Waals surface area contributed by atoms with Crippen LogP contribution in [0.3, 0.4) is 0 Å². The van der Waals surface area contributed by atoms with E-state index >= 15 is 0 Å². The number of hydrogen-bond donors (Lipinski definition) is 1. The van der Waals surface area contributed by atoms with Crippen molar-refractivity contribution in [3.05, 3.63) is 65.7 Å². The molecule has 2 aliphatic rings. The Morgan fingerprint density at radius 3 is 2.30 bits per heavy atom. The predicted octanol–water partition coefficient (Wildman–Crippen LogP) is 2.36. The molecule has 4 rings (SSSR count). The molecular formula is C24H30N4O2. The van der Waals surface area contributed by atoms with Gasteiger partial charge in [0.2, 0.25) is 5.91 Å². The summed E-state index contributed by atoms with van der Waals surface area (Å²) in [7, 11) is 0. The monoisotopic (exact) mass is 406 g/mol. The van der Waals surface area contributed by atoms with Gasteiger partial charge in [-0.2, -0.15) is 0 Å². The number of amides is 2. The fourth-order valence-corrected chi connectivity index (χ4v) is 4.15. The first-order chi connectivity index (χ1) is 14.7. The van der Waals surface area contributed by atoms with E-state index in [0.29, 0.717) is 25.1 Å². The van der Waals surface area contributed by atoms with E-state index in [4.69, 9.17) is 0 Å². The van der Waals surface area contributed by atoms with Crippen molar-refractivity contribution < 1.29 is 9.59 Å². The number of piperazine rings is 1. The fourth-order valence-electron chi connectivity index (χ4n) is 4.15. The lowest BCUT2D eigenvalue weighted by molar-refractivity contribution is -0.128. The highest BCUT2D eigenvalue weighted by Gasteiger charge is 2.20. The van der Waals surface area contributed by atoms with Crippen LogP contribution in [-0.4, -0.2) is 67.4 Å². The molecule has 2 amide bonds. The molecule has 0 spiro atoms. The van der Waals surface area contributed by atoms with Gasteiger partial charge in [-0.3, -0.25) is 14.5 Å². The number of nitrogens with zero attached hydrogens (tertiary/aromatic N) is 3. The molecule has 0 aliphatic carbocycles. The maximum Gasteiger partial charge on any atom is 0.251 e. The molecule has 2 saturated heterocycles. The Kier molecular flexibility index (Phi) is 6.64. The summed E-state index contributed by atoms with van der Waals surface area (Å²) in [6, 6.07) is 18.1. The second-order valence-electron chi connectivity index (χ2n) is 8.04. The van der Waals surface area contributed by atoms with Crippen LogP contribution >= 0.6 is 0 Å². The van der Waals surface area contributed by atoms with Crippen molar-refractivity contribution in [3.8, 4) is 0 Å². The van der Waals surface area contributed by atoms with Crippen molar-refractivity contribution in [2.24, 2.45) is 0 Å². The Morgan fingerprint density at radius 1 is 0.900 bits per heavy atom. The number of anilines is 1. The van der Waals surface area contributed by atoms with Crippen LogP contribution in [0.1, 0.15) is 28.8 Å². The normalized spacial score (nSPS) is 17.4. The average Bonchev–Trinajstić information content (AvgIpc) is 3.19. The maximum absolute atomic E-state index is 12.4. The summed E-state index contributed by atoms with van der Waals surface area (Å²) >= 11 is 0. The van der Waals surface area contributed by atoms with Crippen LogP contribution in [0.2, 0.25) is 0 Å². The van der Waals surface area contributed by atoms with Crippen molar-refractivity contribution in [3.63, 3.8) is 0 Å². The lowest BCUT2D eigenvalue weighted by Crippen LogP contribution is -2.48. The van der Waals surface area contributed by atoms with Gasteiger partial charge < -0.3 is 15.1 Å². The number of rotatable bonds is 7. The summed E-state index contributed by atoms with van der Waals surface area (Å²) in [5, 5.41) is 3.03. The van der Waals surface area contributed by atoms with Crippen molar-refractivity contribution >= 4 is 17.5 Å². The van der Waals surface area contributed by atoms with Gasteiger partial charge in [0.25, 0.3) is 5.91 Å². The lowest BCUT2D eigenvalue weighted by atomic mass is 10.1. The SMILES string of the molecule is O=C(NCCN1CCN(c2ccccc2)CC1)c1ccc(CN2CCCC2=O)cc1. The molecule has 2 aliphatic heterocycles. The lowest BCUT2D eigenvalue weighted by Gasteiger charge is -2.36. The number of likely N-dealkylation sites (tertiary alicyclic amines) is 1. The first kappa shape index (κ1) is 20.4. The first-order valence-corrected chi connectivity index (χ1v) is 10.9. The third kappa shape index (κ3) is 5.19. The summed E-state index contributed by atoms with van der Waals surface area (Å²) in [5.74, 6) is 0.183. The van der Waals surface area contributed by atoms with Crippen molar-refractivity contribution in [2.75, 3.05) is 50.7 Å². The zero-order valence-electron chi connectivity index (χ0n) is 17.4. The van der Waals surface area contributed by atoms with Crippen molar-refractivity contribution in [1.82, 2.24) is 15.1 Å². The zero-order valence-corrected chi connectivity index (χ0v) is 17.4. The van der Waals surface area contributed by atoms with Crippen LogP contribution in [-0.2, 0) is 11.3 Å². The van der Waals surface area contributed by atoms with Gasteiger partial charge >= 0.3 is 0 Å². The second-order valence-corrected chi connectivity index (χ2v) is 8.04. The molecule has 2 heterocycles. The van der Waals surface area contributed by atoms with E-state index in [1.165, 1.54) is 5.69 Å². The van der Waals surface area contributed by atoms with Crippen LogP contribution in [0.25, 0.3) is 0 Å². The van der Waals surface area contributed by atoms with Gasteiger partial charge in [-0.15, -0.1) is 0 Å². The molecule has 30 heavy (non-hydrogen) atoms. The van der Waals surface area contributed by atoms with Gasteiger partial charge in [0.15, 0.2) is 0 Å². The maximum atomic E-state index is 12.4. The molecule has 2 fully saturated rings. The average molecular weight is 407 g/mol. The molecule has 158 valence electrons. The molecule has 0 unspecified atom stereocenters. The summed E-state index contributed by atoms with van der Waals surface area (Å²) in [5.41, 5.74) is 3.02. The molecule has 0 bridgehead atoms. The molecule has 0 atom stereocenters. The molecule has 0 aromatic heterocycles. The van der Waals surface area contributed by atoms with E-state index in [-0.39, 0.29) is 11.8 Å². The van der Waals surface area contributed by atoms with Gasteiger partial charge in [-0.1, -0.05) is 30.3 Å². The predicted molar refractivity (Wildman–Crippen MR) is 119 cm³/mol. The topological polar surface area (TPSA) is 55.9 Å². The number of carbonyl (C=O) groups excluding carboxylic acids is 2. The van der Waals surface area contributed by atoms with Crippen LogP contribution in [0, 0.1) is 0 Å². The molecule has 0 saturated carbocycles. The van der Waals surface area contributed by atoms with Gasteiger partial charge in [-0.25, -0.2) is 0 Å². The van der Waals surface area contributed by atoms with Gasteiger partial charge in [-0.05, 0) is 36.2 Å². The van der Waals surface area contributed by atoms with Gasteiger partial charge in [0, 0.05) is 70.0 Å². The number of nitrogens with one attached hydrogen (secondary N) is 1. The standard InChI is InChI=1S/C24H30N4O2/c29-23-7-4-13-28(23)19-20-8-10-21(11-9-20)24(30)25-12-14-26-15-17-27(18-16-26)22-5-2-1-3-6-22/h1-3,5-6,8-11H,4,7,12-19H2,(H,25,30). The third-order valence-electron chi connectivity index (χ3n) is 5.97. The van der Waals surface area contributed by atoms with Gasteiger partial charge in [0.1, 0.15) is 0 Å². The Morgan fingerprint density at radius 2 is 1.63 bits per heavy atom. The summed E-state index contributed by atoms with van der Waals surface area (Å²) in [6.45, 7) is 7.02. The molecule has 6 nitrogen and oxygen atoms in total. The second kappa shape index (κ2) is 9.76. The van der Waals surface area contributed by atoms with Crippen LogP contribution in [0.5, 0.6) is 0 Å². The summed E-state index contributed by atoms with van der Waals surface area (Å²) in [6.07, 6.45) is 1.60. The van der Waals surface area contributed by atoms with E-state index in [0.717, 1.165) is 51.3 Å². The third-order valence-corrected chi connectivity index (χ3v) is 5.97. The molecule has 1 N–H and O–H groups in total. The first-order valence-electron chi connectivity index (χ1n) is 10.9. The minimum Gasteiger partial charge on any atom is -0.369 e. The van der Waals surface area contributed by atoms with E-state index in [1.54, 1.807) is 0 Å². The van der Waals surface area contributed by atoms with E-state index in [2.05, 4.69) is 39.4 Å². The summed E-state index contributed by atoms with van der Waals surface area (Å²) < 4.78 is 0. The highest BCUT2D eigenvalue weighted by atomic mass is 16.2. The van der Waals surface area contributed by atoms with Crippen molar-refractivity contribution in [2.45, 2.75) is 19.4 Å². The van der Waals surface area contributed by atoms with Crippen LogP contribution < -0.4 is 10.2 Å². The molecule has 2 aromatic carbocycles. The van der Waals surface area contributed by atoms with E-state index in [1.807, 2.05) is 35.2 Å². The highest BCUT2D eigenvalue weighted by Crippen LogP contribution is 2.16. The van der Waals surface area contributed by atoms with Crippen LogP contribution in [0.4, 0.5) is 5.69 Å². The van der Waals surface area contributed by atoms with E-state index in [9.17, 15) is 9.59 Å². The Hall–Kier alpha value is -2.86. The van der Waals surface area contributed by atoms with Crippen molar-refractivity contribution in [1.29, 1.82) is 0 Å². The van der Waals surface area contributed by atoms with E-state index < -0.39 is 0 Å². The number of benzene rings is 2. The fraction of sp³-hybridized carbons (Fsp3) is 0.417. The number of hydrogen-bond acceptors (Lipinski definition) is 4. The highest BCUT2D eigenvalue weighted by molar-refractivity contribution is 5.94. The molecule has 6 heteroatoms. The van der Waals surface area contributed by atoms with Gasteiger partial charge in [0.05, 0.1) is 0 Å². The largest absolute Gasteiger partial charge is 0.369 e. The number of para-hydroxylation sites is 1. The smallest absolute Gasteiger partial charge is 0.251 e. The molecule has 0 radical (unpaired) electrons. The number of carbonyl (C=O) groups is 2. The quantitative estimate of drug-likeness (QED) is 0.767. The minimum absolute atomic E-state index is 0.0401. The summed E-state index contributed by atoms with van der Waals surface area (Å²) in [4.78, 5) is 30.9.